The zero-order chi connectivity index (χ0) is 9.97. The third kappa shape index (κ3) is 1.58. The molecular formula is C6H6F2N6. The van der Waals surface area contributed by atoms with Gasteiger partial charge >= 0.3 is 0 Å². The first kappa shape index (κ1) is 8.73. The zero-order valence-electron chi connectivity index (χ0n) is 6.93. The minimum atomic E-state index is -2.43. The fourth-order valence-corrected chi connectivity index (χ4v) is 0.978. The molecule has 0 fully saturated rings. The minimum Gasteiger partial charge on any atom is -0.363 e. The summed E-state index contributed by atoms with van der Waals surface area (Å²) in [7, 11) is 0. The van der Waals surface area contributed by atoms with Gasteiger partial charge in [-0.2, -0.15) is 4.52 Å². The number of tetrazole rings is 1. The summed E-state index contributed by atoms with van der Waals surface area (Å²) in [5, 5.41) is 13.1. The molecule has 0 amide bonds. The van der Waals surface area contributed by atoms with Crippen molar-refractivity contribution >= 4 is 11.5 Å². The van der Waals surface area contributed by atoms with Crippen LogP contribution in [0.5, 0.6) is 0 Å². The Morgan fingerprint density at radius 2 is 2.29 bits per heavy atom. The highest BCUT2D eigenvalue weighted by Gasteiger charge is 2.06. The van der Waals surface area contributed by atoms with E-state index >= 15 is 0 Å². The topological polar surface area (TPSA) is 68.0 Å². The SMILES string of the molecule is FC(F)CNc1cncc2nnnn12. The number of nitrogens with one attached hydrogen (secondary N) is 1. The number of rotatable bonds is 3. The van der Waals surface area contributed by atoms with Crippen LogP contribution in [0, 0.1) is 0 Å². The molecular weight excluding hydrogens is 194 g/mol. The van der Waals surface area contributed by atoms with E-state index in [2.05, 4.69) is 25.8 Å². The molecule has 14 heavy (non-hydrogen) atoms. The largest absolute Gasteiger partial charge is 0.363 e. The summed E-state index contributed by atoms with van der Waals surface area (Å²) in [6, 6.07) is 0. The van der Waals surface area contributed by atoms with E-state index in [4.69, 9.17) is 0 Å². The average molecular weight is 200 g/mol. The molecule has 0 unspecified atom stereocenters. The lowest BCUT2D eigenvalue weighted by Crippen LogP contribution is -2.13. The van der Waals surface area contributed by atoms with E-state index in [0.29, 0.717) is 11.5 Å². The molecule has 2 aromatic heterocycles. The molecule has 0 saturated heterocycles. The van der Waals surface area contributed by atoms with Crippen molar-refractivity contribution in [2.24, 2.45) is 0 Å². The smallest absolute Gasteiger partial charge is 0.255 e. The summed E-state index contributed by atoms with van der Waals surface area (Å²) in [6.07, 6.45) is 0.390. The van der Waals surface area contributed by atoms with Crippen molar-refractivity contribution < 1.29 is 8.78 Å². The van der Waals surface area contributed by atoms with Crippen LogP contribution in [0.1, 0.15) is 0 Å². The van der Waals surface area contributed by atoms with Crippen LogP contribution in [-0.2, 0) is 0 Å². The first-order chi connectivity index (χ1) is 6.77. The third-order valence-electron chi connectivity index (χ3n) is 1.55. The Balaban J connectivity index is 2.27. The van der Waals surface area contributed by atoms with E-state index in [1.54, 1.807) is 0 Å². The van der Waals surface area contributed by atoms with Crippen LogP contribution in [0.15, 0.2) is 12.4 Å². The molecule has 0 aliphatic carbocycles. The Hall–Kier alpha value is -1.86. The van der Waals surface area contributed by atoms with Crippen LogP contribution in [0.2, 0.25) is 0 Å². The number of hydrogen-bond acceptors (Lipinski definition) is 5. The molecule has 0 aliphatic rings. The molecule has 2 aromatic rings. The second kappa shape index (κ2) is 3.48. The van der Waals surface area contributed by atoms with E-state index in [-0.39, 0.29) is 0 Å². The van der Waals surface area contributed by atoms with Crippen LogP contribution < -0.4 is 5.32 Å². The number of alkyl halides is 2. The zero-order valence-corrected chi connectivity index (χ0v) is 6.93. The van der Waals surface area contributed by atoms with Crippen molar-refractivity contribution in [2.45, 2.75) is 6.43 Å². The standard InChI is InChI=1S/C6H6F2N6/c7-4(8)1-10-5-2-9-3-6-11-12-13-14(5)6/h2-4,10H,1H2. The van der Waals surface area contributed by atoms with Gasteiger partial charge < -0.3 is 5.32 Å². The lowest BCUT2D eigenvalue weighted by molar-refractivity contribution is 0.163. The fourth-order valence-electron chi connectivity index (χ4n) is 0.978. The maximum atomic E-state index is 11.9. The lowest BCUT2D eigenvalue weighted by Gasteiger charge is -2.04. The molecule has 8 heteroatoms. The first-order valence-electron chi connectivity index (χ1n) is 3.81. The molecule has 0 aromatic carbocycles. The van der Waals surface area contributed by atoms with Crippen molar-refractivity contribution in [1.82, 2.24) is 25.0 Å². The van der Waals surface area contributed by atoms with E-state index in [1.165, 1.54) is 16.9 Å². The van der Waals surface area contributed by atoms with Crippen LogP contribution in [0.3, 0.4) is 0 Å². The van der Waals surface area contributed by atoms with Crippen molar-refractivity contribution in [1.29, 1.82) is 0 Å². The molecule has 0 saturated carbocycles. The molecule has 2 rings (SSSR count). The van der Waals surface area contributed by atoms with Gasteiger partial charge in [-0.3, -0.25) is 4.98 Å². The van der Waals surface area contributed by atoms with E-state index in [9.17, 15) is 8.78 Å². The van der Waals surface area contributed by atoms with Crippen molar-refractivity contribution in [2.75, 3.05) is 11.9 Å². The van der Waals surface area contributed by atoms with Gasteiger partial charge in [-0.25, -0.2) is 8.78 Å². The monoisotopic (exact) mass is 200 g/mol. The van der Waals surface area contributed by atoms with E-state index in [1.807, 2.05) is 0 Å². The Kier molecular flexibility index (Phi) is 2.17. The van der Waals surface area contributed by atoms with Crippen LogP contribution in [0.25, 0.3) is 5.65 Å². The van der Waals surface area contributed by atoms with Crippen LogP contribution in [-0.4, -0.2) is 38.0 Å². The van der Waals surface area contributed by atoms with Crippen molar-refractivity contribution in [3.8, 4) is 0 Å². The van der Waals surface area contributed by atoms with E-state index < -0.39 is 13.0 Å². The number of aromatic nitrogens is 5. The second-order valence-electron chi connectivity index (χ2n) is 2.51. The highest BCUT2D eigenvalue weighted by molar-refractivity contribution is 5.43. The maximum Gasteiger partial charge on any atom is 0.255 e. The van der Waals surface area contributed by atoms with Gasteiger partial charge in [0.15, 0.2) is 11.5 Å². The van der Waals surface area contributed by atoms with Crippen LogP contribution in [0.4, 0.5) is 14.6 Å². The average Bonchev–Trinajstić information content (AvgIpc) is 2.62. The quantitative estimate of drug-likeness (QED) is 0.766. The Morgan fingerprint density at radius 3 is 3.07 bits per heavy atom. The molecule has 0 bridgehead atoms. The van der Waals surface area contributed by atoms with Gasteiger partial charge in [-0.1, -0.05) is 0 Å². The Bertz CT molecular complexity index is 427. The van der Waals surface area contributed by atoms with Gasteiger partial charge in [0.2, 0.25) is 0 Å². The summed E-state index contributed by atoms with van der Waals surface area (Å²) in [5.74, 6) is 0.341. The van der Waals surface area contributed by atoms with Crippen molar-refractivity contribution in [3.63, 3.8) is 0 Å². The molecule has 0 radical (unpaired) electrons. The van der Waals surface area contributed by atoms with Crippen LogP contribution >= 0.6 is 0 Å². The van der Waals surface area contributed by atoms with Gasteiger partial charge in [0.05, 0.1) is 18.9 Å². The molecule has 0 aliphatic heterocycles. The number of hydrogen-bond donors (Lipinski definition) is 1. The van der Waals surface area contributed by atoms with Gasteiger partial charge in [0.1, 0.15) is 0 Å². The van der Waals surface area contributed by atoms with Gasteiger partial charge in [0, 0.05) is 0 Å². The molecule has 1 N–H and O–H groups in total. The number of fused-ring (bicyclic) bond motifs is 1. The molecule has 6 nitrogen and oxygen atoms in total. The van der Waals surface area contributed by atoms with E-state index in [0.717, 1.165) is 0 Å². The summed E-state index contributed by atoms with van der Waals surface area (Å²) >= 11 is 0. The summed E-state index contributed by atoms with van der Waals surface area (Å²) in [6.45, 7) is -0.458. The summed E-state index contributed by atoms with van der Waals surface area (Å²) < 4.78 is 25.1. The predicted octanol–water partition coefficient (Wildman–Crippen LogP) is 0.196. The summed E-state index contributed by atoms with van der Waals surface area (Å²) in [5.41, 5.74) is 0.407. The second-order valence-corrected chi connectivity index (χ2v) is 2.51. The highest BCUT2D eigenvalue weighted by atomic mass is 19.3. The van der Waals surface area contributed by atoms with Gasteiger partial charge in [-0.15, -0.1) is 5.10 Å². The van der Waals surface area contributed by atoms with Crippen molar-refractivity contribution in [3.05, 3.63) is 12.4 Å². The minimum absolute atomic E-state index is 0.341. The number of halogens is 2. The maximum absolute atomic E-state index is 11.9. The first-order valence-corrected chi connectivity index (χ1v) is 3.81. The van der Waals surface area contributed by atoms with Gasteiger partial charge in [-0.05, 0) is 10.4 Å². The Labute approximate surface area is 76.9 Å². The Morgan fingerprint density at radius 1 is 1.43 bits per heavy atom. The normalized spacial score (nSPS) is 11.1. The number of nitrogens with zero attached hydrogens (tertiary/aromatic N) is 5. The highest BCUT2D eigenvalue weighted by Crippen LogP contribution is 2.06. The molecule has 0 atom stereocenters. The lowest BCUT2D eigenvalue weighted by atomic mass is 10.6. The molecule has 74 valence electrons. The fraction of sp³-hybridized carbons (Fsp3) is 0.333. The molecule has 0 spiro atoms. The number of anilines is 1. The summed E-state index contributed by atoms with van der Waals surface area (Å²) in [4.78, 5) is 3.79. The van der Waals surface area contributed by atoms with Gasteiger partial charge in [0.25, 0.3) is 6.43 Å². The molecule has 2 heterocycles. The third-order valence-corrected chi connectivity index (χ3v) is 1.55. The predicted molar refractivity (Wildman–Crippen MR) is 43.1 cm³/mol.